The van der Waals surface area contributed by atoms with E-state index in [0.717, 1.165) is 31.8 Å². The molecule has 1 aliphatic heterocycles. The third-order valence-electron chi connectivity index (χ3n) is 3.86. The molecule has 3 rings (SSSR count). The van der Waals surface area contributed by atoms with Crippen LogP contribution in [0.4, 0.5) is 0 Å². The Morgan fingerprint density at radius 3 is 3.21 bits per heavy atom. The molecule has 0 aromatic carbocycles. The molecule has 3 heterocycles. The van der Waals surface area contributed by atoms with Crippen molar-refractivity contribution >= 4 is 5.65 Å². The quantitative estimate of drug-likeness (QED) is 0.913. The van der Waals surface area contributed by atoms with E-state index in [1.807, 2.05) is 12.1 Å². The molecule has 102 valence electrons. The van der Waals surface area contributed by atoms with Crippen LogP contribution in [-0.4, -0.2) is 40.0 Å². The highest BCUT2D eigenvalue weighted by Gasteiger charge is 2.17. The molecule has 1 aliphatic rings. The normalized spacial score (nSPS) is 21.6. The molecule has 19 heavy (non-hydrogen) atoms. The summed E-state index contributed by atoms with van der Waals surface area (Å²) in [6.07, 6.45) is 6.63. The molecular formula is C15H22N4. The lowest BCUT2D eigenvalue weighted by Crippen LogP contribution is -2.36. The van der Waals surface area contributed by atoms with Crippen LogP contribution in [0.2, 0.25) is 0 Å². The minimum atomic E-state index is 0.625. The molecule has 0 spiro atoms. The number of nitrogens with zero attached hydrogens (tertiary/aromatic N) is 3. The molecule has 1 fully saturated rings. The lowest BCUT2D eigenvalue weighted by molar-refractivity contribution is 0.255. The molecule has 0 radical (unpaired) electrons. The summed E-state index contributed by atoms with van der Waals surface area (Å²) in [6, 6.07) is 6.76. The van der Waals surface area contributed by atoms with Gasteiger partial charge in [-0.3, -0.25) is 4.90 Å². The highest BCUT2D eigenvalue weighted by atomic mass is 15.2. The number of pyridine rings is 1. The molecule has 1 saturated heterocycles. The van der Waals surface area contributed by atoms with Gasteiger partial charge in [-0.05, 0) is 38.1 Å². The average Bonchev–Trinajstić information content (AvgIpc) is 2.69. The van der Waals surface area contributed by atoms with E-state index < -0.39 is 0 Å². The first-order valence-electron chi connectivity index (χ1n) is 7.23. The van der Waals surface area contributed by atoms with E-state index in [4.69, 9.17) is 0 Å². The fourth-order valence-electron chi connectivity index (χ4n) is 2.79. The molecular weight excluding hydrogens is 236 g/mol. The van der Waals surface area contributed by atoms with Crippen LogP contribution in [0.15, 0.2) is 30.6 Å². The lowest BCUT2D eigenvalue weighted by Gasteiger charge is -2.22. The van der Waals surface area contributed by atoms with Gasteiger partial charge in [0.15, 0.2) is 0 Å². The fourth-order valence-corrected chi connectivity index (χ4v) is 2.79. The summed E-state index contributed by atoms with van der Waals surface area (Å²) in [4.78, 5) is 7.21. The molecule has 1 N–H and O–H groups in total. The van der Waals surface area contributed by atoms with E-state index >= 15 is 0 Å². The summed E-state index contributed by atoms with van der Waals surface area (Å²) in [5, 5.41) is 3.61. The van der Waals surface area contributed by atoms with Gasteiger partial charge in [-0.1, -0.05) is 13.0 Å². The zero-order chi connectivity index (χ0) is 13.1. The monoisotopic (exact) mass is 258 g/mol. The van der Waals surface area contributed by atoms with Crippen molar-refractivity contribution in [3.05, 3.63) is 36.3 Å². The predicted octanol–water partition coefficient (Wildman–Crippen LogP) is 1.91. The number of aromatic nitrogens is 2. The SMILES string of the molecule is CCC1CN(Cc2cn3ccccc3n2)CCCN1. The molecule has 0 bridgehead atoms. The van der Waals surface area contributed by atoms with E-state index in [1.54, 1.807) is 0 Å². The number of rotatable bonds is 3. The van der Waals surface area contributed by atoms with Crippen molar-refractivity contribution in [2.24, 2.45) is 0 Å². The van der Waals surface area contributed by atoms with Gasteiger partial charge < -0.3 is 9.72 Å². The highest BCUT2D eigenvalue weighted by Crippen LogP contribution is 2.10. The first-order valence-corrected chi connectivity index (χ1v) is 7.23. The van der Waals surface area contributed by atoms with Gasteiger partial charge in [0.1, 0.15) is 5.65 Å². The number of nitrogens with one attached hydrogen (secondary N) is 1. The van der Waals surface area contributed by atoms with Crippen molar-refractivity contribution in [2.45, 2.75) is 32.4 Å². The summed E-state index contributed by atoms with van der Waals surface area (Å²) in [5.74, 6) is 0. The Kier molecular flexibility index (Phi) is 3.80. The van der Waals surface area contributed by atoms with Crippen molar-refractivity contribution in [1.29, 1.82) is 0 Å². The van der Waals surface area contributed by atoms with Gasteiger partial charge in [-0.15, -0.1) is 0 Å². The van der Waals surface area contributed by atoms with E-state index in [0.29, 0.717) is 6.04 Å². The molecule has 4 nitrogen and oxygen atoms in total. The number of hydrogen-bond donors (Lipinski definition) is 1. The van der Waals surface area contributed by atoms with Crippen molar-refractivity contribution < 1.29 is 0 Å². The van der Waals surface area contributed by atoms with Gasteiger partial charge in [-0.2, -0.15) is 0 Å². The van der Waals surface area contributed by atoms with Crippen molar-refractivity contribution in [3.63, 3.8) is 0 Å². The van der Waals surface area contributed by atoms with Crippen LogP contribution in [0.5, 0.6) is 0 Å². The van der Waals surface area contributed by atoms with Gasteiger partial charge >= 0.3 is 0 Å². The Morgan fingerprint density at radius 2 is 2.37 bits per heavy atom. The second-order valence-corrected chi connectivity index (χ2v) is 5.35. The maximum atomic E-state index is 4.69. The Labute approximate surface area is 114 Å². The smallest absolute Gasteiger partial charge is 0.137 e. The topological polar surface area (TPSA) is 32.6 Å². The van der Waals surface area contributed by atoms with Gasteiger partial charge in [0.25, 0.3) is 0 Å². The molecule has 0 amide bonds. The fraction of sp³-hybridized carbons (Fsp3) is 0.533. The Morgan fingerprint density at radius 1 is 1.42 bits per heavy atom. The summed E-state index contributed by atoms with van der Waals surface area (Å²) in [6.45, 7) is 6.65. The van der Waals surface area contributed by atoms with Crippen molar-refractivity contribution in [1.82, 2.24) is 19.6 Å². The summed E-state index contributed by atoms with van der Waals surface area (Å²) < 4.78 is 2.10. The second-order valence-electron chi connectivity index (χ2n) is 5.35. The van der Waals surface area contributed by atoms with Crippen LogP contribution in [0.1, 0.15) is 25.5 Å². The zero-order valence-corrected chi connectivity index (χ0v) is 11.5. The lowest BCUT2D eigenvalue weighted by atomic mass is 10.2. The second kappa shape index (κ2) is 5.72. The molecule has 1 atom stereocenters. The van der Waals surface area contributed by atoms with Crippen molar-refractivity contribution in [3.8, 4) is 0 Å². The zero-order valence-electron chi connectivity index (χ0n) is 11.5. The molecule has 4 heteroatoms. The minimum absolute atomic E-state index is 0.625. The van der Waals surface area contributed by atoms with E-state index in [9.17, 15) is 0 Å². The van der Waals surface area contributed by atoms with Gasteiger partial charge in [0.05, 0.1) is 5.69 Å². The van der Waals surface area contributed by atoms with Crippen LogP contribution in [0, 0.1) is 0 Å². The number of hydrogen-bond acceptors (Lipinski definition) is 3. The Bertz CT molecular complexity index is 501. The maximum Gasteiger partial charge on any atom is 0.137 e. The van der Waals surface area contributed by atoms with Gasteiger partial charge in [0, 0.05) is 31.5 Å². The largest absolute Gasteiger partial charge is 0.313 e. The molecule has 0 saturated carbocycles. The van der Waals surface area contributed by atoms with E-state index in [2.05, 4.69) is 45.0 Å². The van der Waals surface area contributed by atoms with Gasteiger partial charge in [0.2, 0.25) is 0 Å². The first-order chi connectivity index (χ1) is 9.35. The summed E-state index contributed by atoms with van der Waals surface area (Å²) in [5.41, 5.74) is 2.21. The molecule has 1 unspecified atom stereocenters. The van der Waals surface area contributed by atoms with Crippen LogP contribution >= 0.6 is 0 Å². The van der Waals surface area contributed by atoms with Crippen LogP contribution < -0.4 is 5.32 Å². The number of imidazole rings is 1. The van der Waals surface area contributed by atoms with Crippen molar-refractivity contribution in [2.75, 3.05) is 19.6 Å². The summed E-state index contributed by atoms with van der Waals surface area (Å²) >= 11 is 0. The molecule has 2 aromatic rings. The molecule has 2 aromatic heterocycles. The average molecular weight is 258 g/mol. The van der Waals surface area contributed by atoms with Crippen LogP contribution in [-0.2, 0) is 6.54 Å². The predicted molar refractivity (Wildman–Crippen MR) is 77.2 cm³/mol. The Balaban J connectivity index is 1.72. The van der Waals surface area contributed by atoms with Crippen LogP contribution in [0.3, 0.4) is 0 Å². The standard InChI is InChI=1S/C15H22N4/c1-2-13-10-18(8-5-7-16-13)11-14-12-19-9-4-3-6-15(19)17-14/h3-4,6,9,12-13,16H,2,5,7-8,10-11H2,1H3. The maximum absolute atomic E-state index is 4.69. The third-order valence-corrected chi connectivity index (χ3v) is 3.86. The molecule has 0 aliphatic carbocycles. The minimum Gasteiger partial charge on any atom is -0.313 e. The van der Waals surface area contributed by atoms with Crippen LogP contribution in [0.25, 0.3) is 5.65 Å². The summed E-state index contributed by atoms with van der Waals surface area (Å²) in [7, 11) is 0. The number of fused-ring (bicyclic) bond motifs is 1. The third kappa shape index (κ3) is 2.96. The highest BCUT2D eigenvalue weighted by molar-refractivity contribution is 5.39. The first kappa shape index (κ1) is 12.6. The van der Waals surface area contributed by atoms with Gasteiger partial charge in [-0.25, -0.2) is 4.98 Å². The van der Waals surface area contributed by atoms with E-state index in [1.165, 1.54) is 18.5 Å². The van der Waals surface area contributed by atoms with E-state index in [-0.39, 0.29) is 0 Å². The Hall–Kier alpha value is -1.39.